The summed E-state index contributed by atoms with van der Waals surface area (Å²) >= 11 is 1.74. The van der Waals surface area contributed by atoms with Crippen molar-refractivity contribution in [2.24, 2.45) is 5.92 Å². The summed E-state index contributed by atoms with van der Waals surface area (Å²) in [7, 11) is 0. The van der Waals surface area contributed by atoms with E-state index in [9.17, 15) is 9.59 Å². The van der Waals surface area contributed by atoms with Crippen LogP contribution in [0, 0.1) is 12.8 Å². The van der Waals surface area contributed by atoms with Crippen molar-refractivity contribution in [2.75, 3.05) is 32.8 Å². The Labute approximate surface area is 206 Å². The lowest BCUT2D eigenvalue weighted by molar-refractivity contribution is -0.144. The summed E-state index contributed by atoms with van der Waals surface area (Å²) in [5.41, 5.74) is 2.34. The zero-order valence-corrected chi connectivity index (χ0v) is 21.3. The predicted molar refractivity (Wildman–Crippen MR) is 134 cm³/mol. The highest BCUT2D eigenvalue weighted by Crippen LogP contribution is 2.34. The van der Waals surface area contributed by atoms with Gasteiger partial charge < -0.3 is 19.3 Å². The van der Waals surface area contributed by atoms with Gasteiger partial charge in [-0.3, -0.25) is 9.59 Å². The van der Waals surface area contributed by atoms with Crippen molar-refractivity contribution in [3.05, 3.63) is 51.7 Å². The molecule has 0 aliphatic carbocycles. The minimum atomic E-state index is -0.159. The predicted octanol–water partition coefficient (Wildman–Crippen LogP) is 4.62. The Kier molecular flexibility index (Phi) is 8.27. The second-order valence-corrected chi connectivity index (χ2v) is 10.8. The molecule has 0 radical (unpaired) electrons. The fourth-order valence-corrected chi connectivity index (χ4v) is 5.63. The number of hydrogen-bond acceptors (Lipinski definition) is 5. The van der Waals surface area contributed by atoms with Crippen LogP contribution >= 0.6 is 11.3 Å². The highest BCUT2D eigenvalue weighted by molar-refractivity contribution is 7.10. The lowest BCUT2D eigenvalue weighted by Gasteiger charge is -2.37. The number of thiophene rings is 1. The Morgan fingerprint density at radius 1 is 1.24 bits per heavy atom. The Bertz CT molecular complexity index is 965. The summed E-state index contributed by atoms with van der Waals surface area (Å²) in [6.45, 7) is 8.45. The van der Waals surface area contributed by atoms with Crippen LogP contribution in [0.3, 0.4) is 0 Å². The molecular formula is C27H36N2O4S. The van der Waals surface area contributed by atoms with Crippen LogP contribution in [0.2, 0.25) is 0 Å². The van der Waals surface area contributed by atoms with Gasteiger partial charge in [-0.2, -0.15) is 0 Å². The van der Waals surface area contributed by atoms with Crippen LogP contribution in [0.4, 0.5) is 0 Å². The quantitative estimate of drug-likeness (QED) is 0.521. The van der Waals surface area contributed by atoms with Crippen molar-refractivity contribution in [1.82, 2.24) is 9.80 Å². The van der Waals surface area contributed by atoms with Crippen molar-refractivity contribution >= 4 is 23.2 Å². The second kappa shape index (κ2) is 11.4. The number of ether oxygens (including phenoxy) is 2. The Balaban J connectivity index is 1.48. The highest BCUT2D eigenvalue weighted by atomic mass is 32.1. The van der Waals surface area contributed by atoms with Gasteiger partial charge in [0.15, 0.2) is 0 Å². The van der Waals surface area contributed by atoms with Crippen LogP contribution in [0.25, 0.3) is 0 Å². The molecule has 1 aromatic heterocycles. The van der Waals surface area contributed by atoms with E-state index < -0.39 is 0 Å². The van der Waals surface area contributed by atoms with E-state index in [4.69, 9.17) is 9.47 Å². The maximum absolute atomic E-state index is 13.6. The van der Waals surface area contributed by atoms with Crippen molar-refractivity contribution in [2.45, 2.75) is 58.6 Å². The van der Waals surface area contributed by atoms with E-state index >= 15 is 0 Å². The summed E-state index contributed by atoms with van der Waals surface area (Å²) in [6, 6.07) is 9.93. The van der Waals surface area contributed by atoms with Gasteiger partial charge in [-0.05, 0) is 61.2 Å². The van der Waals surface area contributed by atoms with E-state index in [0.717, 1.165) is 37.2 Å². The summed E-state index contributed by atoms with van der Waals surface area (Å²) in [4.78, 5) is 31.6. The second-order valence-electron chi connectivity index (χ2n) is 9.78. The fraction of sp³-hybridized carbons (Fsp3) is 0.556. The molecule has 0 bridgehead atoms. The molecule has 1 aromatic carbocycles. The summed E-state index contributed by atoms with van der Waals surface area (Å²) < 4.78 is 11.9. The number of nitrogens with zero attached hydrogens (tertiary/aromatic N) is 2. The Hall–Kier alpha value is -2.38. The van der Waals surface area contributed by atoms with Gasteiger partial charge in [0, 0.05) is 31.0 Å². The molecule has 34 heavy (non-hydrogen) atoms. The van der Waals surface area contributed by atoms with Crippen molar-refractivity contribution in [3.63, 3.8) is 0 Å². The number of carbonyl (C=O) groups is 2. The fourth-order valence-electron chi connectivity index (χ4n) is 4.71. The molecule has 0 saturated carbocycles. The maximum atomic E-state index is 13.6. The number of fused-ring (bicyclic) bond motifs is 1. The van der Waals surface area contributed by atoms with Gasteiger partial charge in [0.1, 0.15) is 12.4 Å². The van der Waals surface area contributed by atoms with Crippen LogP contribution < -0.4 is 4.74 Å². The molecule has 0 unspecified atom stereocenters. The van der Waals surface area contributed by atoms with Crippen LogP contribution in [-0.4, -0.2) is 60.6 Å². The number of aryl methyl sites for hydroxylation is 1. The lowest BCUT2D eigenvalue weighted by atomic mass is 10.00. The first-order valence-electron chi connectivity index (χ1n) is 12.3. The van der Waals surface area contributed by atoms with Crippen LogP contribution in [-0.2, 0) is 20.7 Å². The molecule has 2 amide bonds. The molecule has 1 saturated heterocycles. The third-order valence-corrected chi connectivity index (χ3v) is 7.55. The smallest absolute Gasteiger partial charge is 0.242 e. The Morgan fingerprint density at radius 3 is 2.74 bits per heavy atom. The molecular weight excluding hydrogens is 448 g/mol. The van der Waals surface area contributed by atoms with Gasteiger partial charge in [0.2, 0.25) is 11.8 Å². The highest BCUT2D eigenvalue weighted by Gasteiger charge is 2.34. The van der Waals surface area contributed by atoms with E-state index in [1.807, 2.05) is 49.9 Å². The molecule has 2 aliphatic heterocycles. The number of benzene rings is 1. The van der Waals surface area contributed by atoms with Crippen molar-refractivity contribution < 1.29 is 19.1 Å². The standard InChI is InChI=1S/C27H36N2O4S/c1-19(2)15-26(30)28(16-22-5-4-13-32-22)17-27(31)29-12-10-25-23(11-14-34-25)24(29)18-33-21-8-6-20(3)7-9-21/h6-9,11,14,19,22,24H,4-5,10,12-13,15-18H2,1-3H3/t22-,24-/m1/s1. The molecule has 0 spiro atoms. The first-order chi connectivity index (χ1) is 16.4. The molecule has 2 atom stereocenters. The molecule has 4 rings (SSSR count). The molecule has 1 fully saturated rings. The molecule has 3 heterocycles. The zero-order valence-electron chi connectivity index (χ0n) is 20.5. The third kappa shape index (κ3) is 6.19. The average molecular weight is 485 g/mol. The largest absolute Gasteiger partial charge is 0.491 e. The Morgan fingerprint density at radius 2 is 2.03 bits per heavy atom. The normalized spacial score (nSPS) is 19.8. The van der Waals surface area contributed by atoms with Gasteiger partial charge in [0.05, 0.1) is 18.7 Å². The first kappa shape index (κ1) is 24.7. The van der Waals surface area contributed by atoms with E-state index in [2.05, 4.69) is 11.4 Å². The monoisotopic (exact) mass is 484 g/mol. The maximum Gasteiger partial charge on any atom is 0.242 e. The number of rotatable bonds is 9. The van der Waals surface area contributed by atoms with Crippen LogP contribution in [0.5, 0.6) is 5.75 Å². The van der Waals surface area contributed by atoms with Crippen LogP contribution in [0.1, 0.15) is 55.2 Å². The van der Waals surface area contributed by atoms with E-state index in [1.54, 1.807) is 16.2 Å². The van der Waals surface area contributed by atoms with Gasteiger partial charge in [-0.1, -0.05) is 31.5 Å². The number of carbonyl (C=O) groups excluding carboxylic acids is 2. The van der Waals surface area contributed by atoms with E-state index in [1.165, 1.54) is 10.4 Å². The van der Waals surface area contributed by atoms with E-state index in [0.29, 0.717) is 26.1 Å². The topological polar surface area (TPSA) is 59.1 Å². The van der Waals surface area contributed by atoms with Crippen LogP contribution in [0.15, 0.2) is 35.7 Å². The summed E-state index contributed by atoms with van der Waals surface area (Å²) in [6.07, 6.45) is 3.25. The molecule has 2 aliphatic rings. The molecule has 6 nitrogen and oxygen atoms in total. The average Bonchev–Trinajstić information content (AvgIpc) is 3.49. The summed E-state index contributed by atoms with van der Waals surface area (Å²) in [5, 5.41) is 2.09. The van der Waals surface area contributed by atoms with Gasteiger partial charge in [0.25, 0.3) is 0 Å². The lowest BCUT2D eigenvalue weighted by Crippen LogP contribution is -2.49. The van der Waals surface area contributed by atoms with Crippen molar-refractivity contribution in [1.29, 1.82) is 0 Å². The summed E-state index contributed by atoms with van der Waals surface area (Å²) in [5.74, 6) is 1.05. The minimum Gasteiger partial charge on any atom is -0.491 e. The minimum absolute atomic E-state index is 0.0226. The van der Waals surface area contributed by atoms with Gasteiger partial charge >= 0.3 is 0 Å². The zero-order chi connectivity index (χ0) is 24.1. The van der Waals surface area contributed by atoms with Gasteiger partial charge in [-0.15, -0.1) is 11.3 Å². The molecule has 7 heteroatoms. The molecule has 2 aromatic rings. The first-order valence-corrected chi connectivity index (χ1v) is 13.2. The third-order valence-electron chi connectivity index (χ3n) is 6.55. The van der Waals surface area contributed by atoms with Crippen molar-refractivity contribution in [3.8, 4) is 5.75 Å². The van der Waals surface area contributed by atoms with Gasteiger partial charge in [-0.25, -0.2) is 0 Å². The molecule has 0 N–H and O–H groups in total. The number of hydrogen-bond donors (Lipinski definition) is 0. The van der Waals surface area contributed by atoms with E-state index in [-0.39, 0.29) is 36.4 Å². The number of amides is 2. The molecule has 184 valence electrons. The SMILES string of the molecule is Cc1ccc(OC[C@@H]2c3ccsc3CCN2C(=O)CN(C[C@H]2CCCO2)C(=O)CC(C)C)cc1.